The lowest BCUT2D eigenvalue weighted by Crippen LogP contribution is -2.58. The number of amides is 3. The molecule has 138 valence electrons. The molecule has 0 bridgehead atoms. The largest absolute Gasteiger partial charge is 0.364 e. The average Bonchev–Trinajstić information content (AvgIpc) is 2.53. The van der Waals surface area contributed by atoms with E-state index in [0.717, 1.165) is 4.90 Å². The molecule has 1 unspecified atom stereocenters. The topological polar surface area (TPSA) is 177 Å². The molecule has 12 heteroatoms. The van der Waals surface area contributed by atoms with Crippen molar-refractivity contribution in [1.82, 2.24) is 15.1 Å². The third-order valence-electron chi connectivity index (χ3n) is 4.14. The zero-order valence-electron chi connectivity index (χ0n) is 13.6. The van der Waals surface area contributed by atoms with Gasteiger partial charge in [0.05, 0.1) is 12.6 Å². The van der Waals surface area contributed by atoms with Gasteiger partial charge in [0.15, 0.2) is 5.03 Å². The standard InChI is InChI=1S/C13H21N7O5/c14-8-3-1-5-18(11(8)22)7-10(21)16-9-4-2-6-19(12(9)23)13(15)17-20(24)25/h8-9H,1-7,14H2,(H2,15,17)(H,16,21)/t8?,9-/m1/s1. The zero-order valence-corrected chi connectivity index (χ0v) is 13.6. The number of nitrogens with one attached hydrogen (secondary N) is 1. The van der Waals surface area contributed by atoms with Crippen molar-refractivity contribution in [1.29, 1.82) is 0 Å². The van der Waals surface area contributed by atoms with E-state index in [0.29, 0.717) is 32.2 Å². The van der Waals surface area contributed by atoms with Crippen molar-refractivity contribution in [2.45, 2.75) is 37.8 Å². The molecule has 0 radical (unpaired) electrons. The van der Waals surface area contributed by atoms with Crippen LogP contribution in [0.3, 0.4) is 0 Å². The lowest BCUT2D eigenvalue weighted by molar-refractivity contribution is -0.485. The first-order valence-corrected chi connectivity index (χ1v) is 7.93. The van der Waals surface area contributed by atoms with Crippen molar-refractivity contribution >= 4 is 23.7 Å². The molecular formula is C13H21N7O5. The summed E-state index contributed by atoms with van der Waals surface area (Å²) in [7, 11) is 0. The highest BCUT2D eigenvalue weighted by molar-refractivity contribution is 6.00. The highest BCUT2D eigenvalue weighted by Crippen LogP contribution is 2.13. The SMILES string of the molecule is N/C(=N/[N+](=O)[O-])N1CCC[C@@H](NC(=O)CN2CCCC(N)C2=O)C1=O. The Morgan fingerprint density at radius 2 is 1.96 bits per heavy atom. The number of guanidine groups is 1. The quantitative estimate of drug-likeness (QED) is 0.217. The summed E-state index contributed by atoms with van der Waals surface area (Å²) in [4.78, 5) is 49.1. The maximum atomic E-state index is 12.3. The van der Waals surface area contributed by atoms with Crippen LogP contribution in [0.4, 0.5) is 0 Å². The molecule has 2 atom stereocenters. The number of piperidine rings is 2. The van der Waals surface area contributed by atoms with Crippen LogP contribution in [-0.4, -0.2) is 70.2 Å². The number of nitrogens with zero attached hydrogens (tertiary/aromatic N) is 4. The Morgan fingerprint density at radius 1 is 1.28 bits per heavy atom. The van der Waals surface area contributed by atoms with Crippen molar-refractivity contribution < 1.29 is 19.4 Å². The van der Waals surface area contributed by atoms with E-state index in [2.05, 4.69) is 10.4 Å². The molecule has 0 aromatic heterocycles. The summed E-state index contributed by atoms with van der Waals surface area (Å²) < 4.78 is 0. The highest BCUT2D eigenvalue weighted by atomic mass is 16.7. The van der Waals surface area contributed by atoms with Gasteiger partial charge in [-0.1, -0.05) is 0 Å². The van der Waals surface area contributed by atoms with Gasteiger partial charge < -0.3 is 21.7 Å². The number of nitro groups is 1. The maximum Gasteiger partial charge on any atom is 0.275 e. The minimum Gasteiger partial charge on any atom is -0.364 e. The molecule has 3 amide bonds. The molecule has 5 N–H and O–H groups in total. The van der Waals surface area contributed by atoms with Crippen LogP contribution in [-0.2, 0) is 14.4 Å². The Bertz CT molecular complexity index is 608. The zero-order chi connectivity index (χ0) is 18.6. The third kappa shape index (κ3) is 4.62. The molecular weight excluding hydrogens is 334 g/mol. The number of carbonyl (C=O) groups excluding carboxylic acids is 3. The van der Waals surface area contributed by atoms with E-state index in [1.165, 1.54) is 4.90 Å². The van der Waals surface area contributed by atoms with Crippen LogP contribution in [0.25, 0.3) is 0 Å². The summed E-state index contributed by atoms with van der Waals surface area (Å²) in [5.41, 5.74) is 11.1. The fourth-order valence-electron chi connectivity index (χ4n) is 2.91. The van der Waals surface area contributed by atoms with Crippen LogP contribution in [0.15, 0.2) is 5.10 Å². The third-order valence-corrected chi connectivity index (χ3v) is 4.14. The highest BCUT2D eigenvalue weighted by Gasteiger charge is 2.34. The van der Waals surface area contributed by atoms with E-state index in [9.17, 15) is 24.5 Å². The van der Waals surface area contributed by atoms with E-state index in [4.69, 9.17) is 11.5 Å². The van der Waals surface area contributed by atoms with Crippen LogP contribution >= 0.6 is 0 Å². The second kappa shape index (κ2) is 7.88. The molecule has 0 spiro atoms. The fourth-order valence-corrected chi connectivity index (χ4v) is 2.91. The Labute approximate surface area is 143 Å². The van der Waals surface area contributed by atoms with Crippen LogP contribution < -0.4 is 16.8 Å². The van der Waals surface area contributed by atoms with Crippen molar-refractivity contribution in [2.75, 3.05) is 19.6 Å². The fraction of sp³-hybridized carbons (Fsp3) is 0.692. The summed E-state index contributed by atoms with van der Waals surface area (Å²) >= 11 is 0. The van der Waals surface area contributed by atoms with Crippen LogP contribution in [0.1, 0.15) is 25.7 Å². The van der Waals surface area contributed by atoms with Crippen LogP contribution in [0, 0.1) is 10.1 Å². The van der Waals surface area contributed by atoms with Crippen molar-refractivity contribution in [2.24, 2.45) is 16.6 Å². The smallest absolute Gasteiger partial charge is 0.275 e. The van der Waals surface area contributed by atoms with Gasteiger partial charge in [0.25, 0.3) is 11.9 Å². The Morgan fingerprint density at radius 3 is 2.64 bits per heavy atom. The number of carbonyl (C=O) groups is 3. The maximum absolute atomic E-state index is 12.3. The van der Waals surface area contributed by atoms with Gasteiger partial charge in [0.2, 0.25) is 11.8 Å². The molecule has 0 aromatic carbocycles. The number of nitrogens with two attached hydrogens (primary N) is 2. The summed E-state index contributed by atoms with van der Waals surface area (Å²) in [6.45, 7) is 0.440. The molecule has 2 aliphatic heterocycles. The molecule has 12 nitrogen and oxygen atoms in total. The minimum atomic E-state index is -0.990. The first kappa shape index (κ1) is 18.6. The van der Waals surface area contributed by atoms with Crippen molar-refractivity contribution in [3.8, 4) is 0 Å². The lowest BCUT2D eigenvalue weighted by atomic mass is 10.0. The van der Waals surface area contributed by atoms with E-state index in [-0.39, 0.29) is 19.0 Å². The second-order valence-corrected chi connectivity index (χ2v) is 5.96. The first-order valence-electron chi connectivity index (χ1n) is 7.93. The number of hydrazone groups is 1. The van der Waals surface area contributed by atoms with E-state index in [1.807, 2.05) is 0 Å². The number of hydrogen-bond acceptors (Lipinski definition) is 6. The van der Waals surface area contributed by atoms with Gasteiger partial charge in [-0.05, 0) is 25.7 Å². The normalized spacial score (nSPS) is 25.1. The molecule has 0 aromatic rings. The second-order valence-electron chi connectivity index (χ2n) is 5.96. The van der Waals surface area contributed by atoms with Gasteiger partial charge in [0.1, 0.15) is 11.1 Å². The molecule has 2 heterocycles. The van der Waals surface area contributed by atoms with Crippen LogP contribution in [0.5, 0.6) is 0 Å². The van der Waals surface area contributed by atoms with Gasteiger partial charge in [-0.2, -0.15) is 0 Å². The molecule has 2 rings (SSSR count). The van der Waals surface area contributed by atoms with Gasteiger partial charge in [-0.25, -0.2) is 10.1 Å². The molecule has 2 saturated heterocycles. The van der Waals surface area contributed by atoms with Gasteiger partial charge in [-0.3, -0.25) is 19.3 Å². The van der Waals surface area contributed by atoms with Gasteiger partial charge >= 0.3 is 0 Å². The predicted molar refractivity (Wildman–Crippen MR) is 85.3 cm³/mol. The molecule has 0 saturated carbocycles. The van der Waals surface area contributed by atoms with Crippen LogP contribution in [0.2, 0.25) is 0 Å². The molecule has 0 aliphatic carbocycles. The summed E-state index contributed by atoms with van der Waals surface area (Å²) in [5.74, 6) is -1.87. The molecule has 25 heavy (non-hydrogen) atoms. The van der Waals surface area contributed by atoms with Gasteiger partial charge in [-0.15, -0.1) is 0 Å². The summed E-state index contributed by atoms with van der Waals surface area (Å²) in [6, 6.07) is -1.47. The lowest BCUT2D eigenvalue weighted by Gasteiger charge is -2.32. The molecule has 2 fully saturated rings. The minimum absolute atomic E-state index is 0.186. The summed E-state index contributed by atoms with van der Waals surface area (Å²) in [5, 5.41) is 14.9. The summed E-state index contributed by atoms with van der Waals surface area (Å²) in [6.07, 6.45) is 2.17. The Kier molecular flexibility index (Phi) is 5.85. The number of rotatable bonds is 4. The van der Waals surface area contributed by atoms with Crippen molar-refractivity contribution in [3.05, 3.63) is 10.1 Å². The predicted octanol–water partition coefficient (Wildman–Crippen LogP) is -2.45. The van der Waals surface area contributed by atoms with Gasteiger partial charge in [0, 0.05) is 13.1 Å². The Balaban J connectivity index is 1.94. The number of hydrogen-bond donors (Lipinski definition) is 3. The monoisotopic (exact) mass is 355 g/mol. The average molecular weight is 355 g/mol. The van der Waals surface area contributed by atoms with E-state index < -0.39 is 34.9 Å². The van der Waals surface area contributed by atoms with Crippen molar-refractivity contribution in [3.63, 3.8) is 0 Å². The van der Waals surface area contributed by atoms with E-state index in [1.54, 1.807) is 0 Å². The number of likely N-dealkylation sites (tertiary alicyclic amines) is 2. The first-order chi connectivity index (χ1) is 11.8. The molecule has 2 aliphatic rings. The van der Waals surface area contributed by atoms with E-state index >= 15 is 0 Å². The Hall–Kier alpha value is -2.76.